The molecule has 1 aromatic rings. The second-order valence-electron chi connectivity index (χ2n) is 3.07. The number of anilines is 1. The smallest absolute Gasteiger partial charge is 0.222 e. The highest BCUT2D eigenvalue weighted by Gasteiger charge is 1.97. The van der Waals surface area contributed by atoms with Crippen molar-refractivity contribution in [2.75, 3.05) is 11.9 Å². The van der Waals surface area contributed by atoms with E-state index in [0.717, 1.165) is 23.9 Å². The van der Waals surface area contributed by atoms with E-state index < -0.39 is 0 Å². The molecular formula is C9H13BrClN3. The summed E-state index contributed by atoms with van der Waals surface area (Å²) < 4.78 is 0.887. The number of alkyl halides is 1. The van der Waals surface area contributed by atoms with Crippen molar-refractivity contribution in [1.82, 2.24) is 9.97 Å². The minimum Gasteiger partial charge on any atom is -0.354 e. The first-order valence-corrected chi connectivity index (χ1v) is 5.77. The summed E-state index contributed by atoms with van der Waals surface area (Å²) in [6, 6.07) is 0. The van der Waals surface area contributed by atoms with Crippen LogP contribution in [-0.2, 0) is 0 Å². The second-order valence-corrected chi connectivity index (χ2v) is 4.74. The number of nitrogens with zero attached hydrogens (tertiary/aromatic N) is 2. The van der Waals surface area contributed by atoms with Crippen LogP contribution in [0.15, 0.2) is 16.9 Å². The molecular weight excluding hydrogens is 265 g/mol. The van der Waals surface area contributed by atoms with Gasteiger partial charge in [0.25, 0.3) is 0 Å². The molecule has 0 amide bonds. The van der Waals surface area contributed by atoms with E-state index in [9.17, 15) is 0 Å². The van der Waals surface area contributed by atoms with Gasteiger partial charge in [0, 0.05) is 24.3 Å². The summed E-state index contributed by atoms with van der Waals surface area (Å²) in [6.45, 7) is 2.86. The maximum Gasteiger partial charge on any atom is 0.222 e. The fourth-order valence-corrected chi connectivity index (χ4v) is 1.35. The van der Waals surface area contributed by atoms with Gasteiger partial charge in [0.1, 0.15) is 0 Å². The zero-order chi connectivity index (χ0) is 10.4. The highest BCUT2D eigenvalue weighted by Crippen LogP contribution is 2.07. The van der Waals surface area contributed by atoms with E-state index >= 15 is 0 Å². The van der Waals surface area contributed by atoms with Gasteiger partial charge >= 0.3 is 0 Å². The summed E-state index contributed by atoms with van der Waals surface area (Å²) in [6.07, 6.45) is 5.48. The summed E-state index contributed by atoms with van der Waals surface area (Å²) >= 11 is 9.09. The zero-order valence-electron chi connectivity index (χ0n) is 8.00. The summed E-state index contributed by atoms with van der Waals surface area (Å²) in [7, 11) is 0. The van der Waals surface area contributed by atoms with Crippen LogP contribution in [0.4, 0.5) is 5.95 Å². The SMILES string of the molecule is CC(Cl)CCCNc1ncc(Br)cn1. The minimum absolute atomic E-state index is 0.239. The Kier molecular flexibility index (Phi) is 5.19. The van der Waals surface area contributed by atoms with E-state index in [1.165, 1.54) is 0 Å². The standard InChI is InChI=1S/C9H13BrClN3/c1-7(11)3-2-4-12-9-13-5-8(10)6-14-9/h5-7H,2-4H2,1H3,(H,12,13,14). The molecule has 0 bridgehead atoms. The molecule has 78 valence electrons. The highest BCUT2D eigenvalue weighted by atomic mass is 79.9. The summed E-state index contributed by atoms with van der Waals surface area (Å²) in [4.78, 5) is 8.19. The molecule has 1 heterocycles. The molecule has 0 aliphatic carbocycles. The maximum atomic E-state index is 5.82. The molecule has 0 aromatic carbocycles. The summed E-state index contributed by atoms with van der Waals surface area (Å²) in [5, 5.41) is 3.36. The normalized spacial score (nSPS) is 12.5. The van der Waals surface area contributed by atoms with E-state index in [1.54, 1.807) is 12.4 Å². The lowest BCUT2D eigenvalue weighted by molar-refractivity contribution is 0.747. The third kappa shape index (κ3) is 4.77. The van der Waals surface area contributed by atoms with Gasteiger partial charge in [-0.05, 0) is 35.7 Å². The molecule has 5 heteroatoms. The Morgan fingerprint density at radius 2 is 2.14 bits per heavy atom. The van der Waals surface area contributed by atoms with Crippen molar-refractivity contribution in [3.05, 3.63) is 16.9 Å². The van der Waals surface area contributed by atoms with Crippen molar-refractivity contribution in [2.45, 2.75) is 25.1 Å². The van der Waals surface area contributed by atoms with Crippen LogP contribution in [0.25, 0.3) is 0 Å². The van der Waals surface area contributed by atoms with Crippen molar-refractivity contribution >= 4 is 33.5 Å². The summed E-state index contributed by atoms with van der Waals surface area (Å²) in [5.41, 5.74) is 0. The molecule has 1 rings (SSSR count). The Hall–Kier alpha value is -0.350. The Labute approximate surface area is 97.4 Å². The predicted octanol–water partition coefficient (Wildman–Crippen LogP) is 3.06. The van der Waals surface area contributed by atoms with Gasteiger partial charge in [-0.2, -0.15) is 0 Å². The summed E-state index contributed by atoms with van der Waals surface area (Å²) in [5.74, 6) is 0.662. The topological polar surface area (TPSA) is 37.8 Å². The second kappa shape index (κ2) is 6.19. The van der Waals surface area contributed by atoms with Gasteiger partial charge in [-0.25, -0.2) is 9.97 Å². The number of hydrogen-bond donors (Lipinski definition) is 1. The fourth-order valence-electron chi connectivity index (χ4n) is 0.987. The van der Waals surface area contributed by atoms with Crippen LogP contribution in [0.5, 0.6) is 0 Å². The highest BCUT2D eigenvalue weighted by molar-refractivity contribution is 9.10. The molecule has 0 fully saturated rings. The van der Waals surface area contributed by atoms with Crippen molar-refractivity contribution in [2.24, 2.45) is 0 Å². The number of aromatic nitrogens is 2. The van der Waals surface area contributed by atoms with Crippen LogP contribution in [0.1, 0.15) is 19.8 Å². The third-order valence-corrected chi connectivity index (χ3v) is 2.31. The largest absolute Gasteiger partial charge is 0.354 e. The number of halogens is 2. The lowest BCUT2D eigenvalue weighted by Crippen LogP contribution is -2.06. The molecule has 0 spiro atoms. The van der Waals surface area contributed by atoms with Gasteiger partial charge in [-0.1, -0.05) is 0 Å². The molecule has 0 radical (unpaired) electrons. The Bertz CT molecular complexity index is 263. The van der Waals surface area contributed by atoms with E-state index in [2.05, 4.69) is 31.2 Å². The molecule has 1 aromatic heterocycles. The Balaban J connectivity index is 2.21. The van der Waals surface area contributed by atoms with Crippen LogP contribution in [0, 0.1) is 0 Å². The van der Waals surface area contributed by atoms with Crippen molar-refractivity contribution in [3.8, 4) is 0 Å². The molecule has 1 unspecified atom stereocenters. The average Bonchev–Trinajstić information content (AvgIpc) is 2.15. The predicted molar refractivity (Wildman–Crippen MR) is 62.8 cm³/mol. The molecule has 1 atom stereocenters. The van der Waals surface area contributed by atoms with Crippen molar-refractivity contribution in [1.29, 1.82) is 0 Å². The van der Waals surface area contributed by atoms with Crippen molar-refractivity contribution in [3.63, 3.8) is 0 Å². The maximum absolute atomic E-state index is 5.82. The van der Waals surface area contributed by atoms with Crippen LogP contribution < -0.4 is 5.32 Å². The first kappa shape index (κ1) is 11.7. The first-order valence-electron chi connectivity index (χ1n) is 4.54. The lowest BCUT2D eigenvalue weighted by Gasteiger charge is -2.04. The quantitative estimate of drug-likeness (QED) is 0.664. The molecule has 1 N–H and O–H groups in total. The third-order valence-electron chi connectivity index (χ3n) is 1.68. The van der Waals surface area contributed by atoms with E-state index in [1.807, 2.05) is 6.92 Å². The van der Waals surface area contributed by atoms with Gasteiger partial charge in [-0.3, -0.25) is 0 Å². The first-order chi connectivity index (χ1) is 6.68. The van der Waals surface area contributed by atoms with Crippen molar-refractivity contribution < 1.29 is 0 Å². The number of rotatable bonds is 5. The van der Waals surface area contributed by atoms with Gasteiger partial charge in [0.2, 0.25) is 5.95 Å². The number of hydrogen-bond acceptors (Lipinski definition) is 3. The lowest BCUT2D eigenvalue weighted by atomic mass is 10.2. The van der Waals surface area contributed by atoms with Crippen LogP contribution >= 0.6 is 27.5 Å². The van der Waals surface area contributed by atoms with Gasteiger partial charge in [0.05, 0.1) is 4.47 Å². The number of nitrogens with one attached hydrogen (secondary N) is 1. The molecule has 14 heavy (non-hydrogen) atoms. The molecule has 0 aliphatic rings. The van der Waals surface area contributed by atoms with Gasteiger partial charge < -0.3 is 5.32 Å². The average molecular weight is 279 g/mol. The molecule has 0 saturated carbocycles. The van der Waals surface area contributed by atoms with Gasteiger partial charge in [-0.15, -0.1) is 11.6 Å². The minimum atomic E-state index is 0.239. The molecule has 0 aliphatic heterocycles. The fraction of sp³-hybridized carbons (Fsp3) is 0.556. The Morgan fingerprint density at radius 1 is 1.50 bits per heavy atom. The Morgan fingerprint density at radius 3 is 2.71 bits per heavy atom. The van der Waals surface area contributed by atoms with Crippen LogP contribution in [0.3, 0.4) is 0 Å². The van der Waals surface area contributed by atoms with E-state index in [-0.39, 0.29) is 5.38 Å². The zero-order valence-corrected chi connectivity index (χ0v) is 10.3. The molecule has 3 nitrogen and oxygen atoms in total. The van der Waals surface area contributed by atoms with Gasteiger partial charge in [0.15, 0.2) is 0 Å². The molecule has 0 saturated heterocycles. The van der Waals surface area contributed by atoms with Crippen LogP contribution in [-0.4, -0.2) is 21.9 Å². The van der Waals surface area contributed by atoms with Crippen LogP contribution in [0.2, 0.25) is 0 Å². The van der Waals surface area contributed by atoms with E-state index in [0.29, 0.717) is 5.95 Å². The van der Waals surface area contributed by atoms with E-state index in [4.69, 9.17) is 11.6 Å². The monoisotopic (exact) mass is 277 g/mol.